The van der Waals surface area contributed by atoms with E-state index in [-0.39, 0.29) is 17.8 Å². The van der Waals surface area contributed by atoms with E-state index < -0.39 is 0 Å². The molecule has 1 N–H and O–H groups in total. The Morgan fingerprint density at radius 3 is 2.76 bits per heavy atom. The van der Waals surface area contributed by atoms with Gasteiger partial charge in [-0.15, -0.1) is 0 Å². The van der Waals surface area contributed by atoms with Crippen LogP contribution in [0.2, 0.25) is 0 Å². The topological polar surface area (TPSA) is 27.6 Å². The Kier molecular flexibility index (Phi) is 4.25. The Hall–Kier alpha value is -2.27. The molecule has 4 rings (SSSR count). The van der Waals surface area contributed by atoms with Crippen LogP contribution in [-0.4, -0.2) is 22.4 Å². The average Bonchev–Trinajstić information content (AvgIpc) is 3.03. The van der Waals surface area contributed by atoms with E-state index in [0.717, 1.165) is 30.7 Å². The van der Waals surface area contributed by atoms with Gasteiger partial charge < -0.3 is 5.32 Å². The van der Waals surface area contributed by atoms with Gasteiger partial charge in [0, 0.05) is 18.0 Å². The van der Waals surface area contributed by atoms with Crippen LogP contribution in [0.1, 0.15) is 36.1 Å². The van der Waals surface area contributed by atoms with Crippen molar-refractivity contribution < 1.29 is 4.39 Å². The highest BCUT2D eigenvalue weighted by atomic mass is 32.1. The highest BCUT2D eigenvalue weighted by Gasteiger charge is 2.42. The van der Waals surface area contributed by atoms with E-state index in [2.05, 4.69) is 29.6 Å². The fourth-order valence-corrected chi connectivity index (χ4v) is 4.16. The molecule has 0 bridgehead atoms. The fraction of sp³-hybridized carbons (Fsp3) is 0.300. The summed E-state index contributed by atoms with van der Waals surface area (Å²) in [4.78, 5) is 0. The van der Waals surface area contributed by atoms with Gasteiger partial charge in [-0.3, -0.25) is 0 Å². The number of nitrogens with one attached hydrogen (secondary N) is 1. The first-order valence-corrected chi connectivity index (χ1v) is 9.09. The van der Waals surface area contributed by atoms with Crippen molar-refractivity contribution in [1.29, 1.82) is 0 Å². The molecule has 2 aromatic rings. The molecule has 1 heterocycles. The van der Waals surface area contributed by atoms with Crippen molar-refractivity contribution in [3.05, 3.63) is 71.0 Å². The van der Waals surface area contributed by atoms with Gasteiger partial charge in [-0.1, -0.05) is 36.4 Å². The molecule has 5 heteroatoms. The van der Waals surface area contributed by atoms with Crippen molar-refractivity contribution in [2.45, 2.75) is 25.8 Å². The number of halogens is 1. The summed E-state index contributed by atoms with van der Waals surface area (Å²) in [7, 11) is 0. The van der Waals surface area contributed by atoms with Gasteiger partial charge >= 0.3 is 0 Å². The SMILES string of the molecule is CCNC(=S)N1N=C2c3ccccc3CC[C@@H]2[C@H]1c1ccc(F)cc1. The minimum Gasteiger partial charge on any atom is -0.361 e. The molecule has 2 aliphatic rings. The second-order valence-electron chi connectivity index (χ2n) is 6.46. The van der Waals surface area contributed by atoms with Crippen LogP contribution >= 0.6 is 12.2 Å². The summed E-state index contributed by atoms with van der Waals surface area (Å²) < 4.78 is 13.4. The first kappa shape index (κ1) is 16.2. The number of hydrogen-bond donors (Lipinski definition) is 1. The van der Waals surface area contributed by atoms with Crippen LogP contribution in [0.3, 0.4) is 0 Å². The third kappa shape index (κ3) is 2.82. The zero-order chi connectivity index (χ0) is 17.4. The first-order chi connectivity index (χ1) is 12.2. The Bertz CT molecular complexity index is 831. The highest BCUT2D eigenvalue weighted by molar-refractivity contribution is 7.80. The lowest BCUT2D eigenvalue weighted by atomic mass is 9.77. The number of fused-ring (bicyclic) bond motifs is 3. The van der Waals surface area contributed by atoms with Gasteiger partial charge in [-0.25, -0.2) is 9.40 Å². The maximum atomic E-state index is 13.4. The second kappa shape index (κ2) is 6.56. The van der Waals surface area contributed by atoms with Crippen LogP contribution in [0, 0.1) is 11.7 Å². The molecule has 0 saturated heterocycles. The van der Waals surface area contributed by atoms with Crippen LogP contribution < -0.4 is 5.32 Å². The average molecular weight is 353 g/mol. The van der Waals surface area contributed by atoms with E-state index in [9.17, 15) is 4.39 Å². The number of aryl methyl sites for hydroxylation is 1. The predicted molar refractivity (Wildman–Crippen MR) is 102 cm³/mol. The summed E-state index contributed by atoms with van der Waals surface area (Å²) in [6.45, 7) is 2.77. The summed E-state index contributed by atoms with van der Waals surface area (Å²) in [5, 5.41) is 10.6. The number of hydrazone groups is 1. The van der Waals surface area contributed by atoms with Gasteiger partial charge in [0.05, 0.1) is 11.8 Å². The third-order valence-electron chi connectivity index (χ3n) is 4.98. The van der Waals surface area contributed by atoms with Crippen molar-refractivity contribution >= 4 is 23.0 Å². The molecule has 2 aromatic carbocycles. The van der Waals surface area contributed by atoms with Crippen molar-refractivity contribution in [1.82, 2.24) is 10.3 Å². The number of thiocarbonyl (C=S) groups is 1. The first-order valence-electron chi connectivity index (χ1n) is 8.68. The van der Waals surface area contributed by atoms with Crippen molar-refractivity contribution in [3.8, 4) is 0 Å². The normalized spacial score (nSPS) is 21.4. The van der Waals surface area contributed by atoms with Crippen LogP contribution in [0.4, 0.5) is 4.39 Å². The van der Waals surface area contributed by atoms with Crippen molar-refractivity contribution in [2.75, 3.05) is 6.54 Å². The molecule has 25 heavy (non-hydrogen) atoms. The van der Waals surface area contributed by atoms with Gasteiger partial charge in [-0.2, -0.15) is 5.10 Å². The summed E-state index contributed by atoms with van der Waals surface area (Å²) in [5.74, 6) is 0.0367. The zero-order valence-corrected chi connectivity index (χ0v) is 14.9. The molecule has 0 spiro atoms. The molecule has 0 unspecified atom stereocenters. The van der Waals surface area contributed by atoms with E-state index in [1.54, 1.807) is 0 Å². The van der Waals surface area contributed by atoms with E-state index in [0.29, 0.717) is 5.11 Å². The smallest absolute Gasteiger partial charge is 0.190 e. The molecule has 0 saturated carbocycles. The summed E-state index contributed by atoms with van der Waals surface area (Å²) in [5.41, 5.74) is 4.69. The van der Waals surface area contributed by atoms with Gasteiger partial charge in [0.15, 0.2) is 5.11 Å². The molecule has 0 radical (unpaired) electrons. The predicted octanol–water partition coefficient (Wildman–Crippen LogP) is 4.04. The maximum Gasteiger partial charge on any atom is 0.190 e. The highest BCUT2D eigenvalue weighted by Crippen LogP contribution is 2.43. The van der Waals surface area contributed by atoms with Gasteiger partial charge in [-0.05, 0) is 55.2 Å². The monoisotopic (exact) mass is 353 g/mol. The molecule has 128 valence electrons. The maximum absolute atomic E-state index is 13.4. The number of nitrogens with zero attached hydrogens (tertiary/aromatic N) is 2. The minimum absolute atomic E-state index is 0.00973. The standard InChI is InChI=1S/C20H20FN3S/c1-2-22-20(25)24-19(14-7-10-15(21)11-8-14)17-12-9-13-5-3-4-6-16(13)18(17)23-24/h3-8,10-11,17,19H,2,9,12H2,1H3,(H,22,25)/t17-,19+/m0/s1. The molecular formula is C20H20FN3S. The molecule has 0 aromatic heterocycles. The Labute approximate surface area is 152 Å². The van der Waals surface area contributed by atoms with E-state index >= 15 is 0 Å². The Balaban J connectivity index is 1.78. The van der Waals surface area contributed by atoms with E-state index in [1.165, 1.54) is 23.3 Å². The van der Waals surface area contributed by atoms with Crippen molar-refractivity contribution in [2.24, 2.45) is 11.0 Å². The quantitative estimate of drug-likeness (QED) is 0.826. The Morgan fingerprint density at radius 1 is 1.24 bits per heavy atom. The van der Waals surface area contributed by atoms with Crippen molar-refractivity contribution in [3.63, 3.8) is 0 Å². The molecule has 2 atom stereocenters. The van der Waals surface area contributed by atoms with E-state index in [4.69, 9.17) is 17.3 Å². The Morgan fingerprint density at radius 2 is 2.00 bits per heavy atom. The largest absolute Gasteiger partial charge is 0.361 e. The number of benzene rings is 2. The lowest BCUT2D eigenvalue weighted by Crippen LogP contribution is -2.38. The lowest BCUT2D eigenvalue weighted by molar-refractivity contribution is 0.304. The molecule has 0 amide bonds. The minimum atomic E-state index is -0.224. The fourth-order valence-electron chi connectivity index (χ4n) is 3.86. The van der Waals surface area contributed by atoms with Crippen LogP contribution in [-0.2, 0) is 6.42 Å². The summed E-state index contributed by atoms with van der Waals surface area (Å²) in [6, 6.07) is 15.2. The molecule has 0 fully saturated rings. The number of hydrogen-bond acceptors (Lipinski definition) is 2. The zero-order valence-electron chi connectivity index (χ0n) is 14.1. The molecule has 1 aliphatic carbocycles. The summed E-state index contributed by atoms with van der Waals surface area (Å²) in [6.07, 6.45) is 2.04. The van der Waals surface area contributed by atoms with Gasteiger partial charge in [0.2, 0.25) is 0 Å². The van der Waals surface area contributed by atoms with Crippen LogP contribution in [0.5, 0.6) is 0 Å². The summed E-state index contributed by atoms with van der Waals surface area (Å²) >= 11 is 5.57. The van der Waals surface area contributed by atoms with Crippen LogP contribution in [0.15, 0.2) is 53.6 Å². The van der Waals surface area contributed by atoms with Gasteiger partial charge in [0.25, 0.3) is 0 Å². The number of rotatable bonds is 2. The molecule has 1 aliphatic heterocycles. The van der Waals surface area contributed by atoms with Gasteiger partial charge in [0.1, 0.15) is 5.82 Å². The second-order valence-corrected chi connectivity index (χ2v) is 6.85. The van der Waals surface area contributed by atoms with E-state index in [1.807, 2.05) is 24.1 Å². The molecular weight excluding hydrogens is 333 g/mol. The lowest BCUT2D eigenvalue weighted by Gasteiger charge is -2.30. The van der Waals surface area contributed by atoms with Crippen LogP contribution in [0.25, 0.3) is 0 Å². The third-order valence-corrected chi connectivity index (χ3v) is 5.31. The molecule has 3 nitrogen and oxygen atoms in total.